The van der Waals surface area contributed by atoms with Gasteiger partial charge in [0.05, 0.1) is 24.2 Å². The van der Waals surface area contributed by atoms with Crippen LogP contribution in [0.2, 0.25) is 0 Å². The van der Waals surface area contributed by atoms with E-state index in [1.54, 1.807) is 36.2 Å². The average molecular weight is 603 g/mol. The number of carbonyl (C=O) groups is 4. The lowest BCUT2D eigenvalue weighted by atomic mass is 9.93. The molecular formula is C29H38N4O8S. The van der Waals surface area contributed by atoms with Crippen LogP contribution in [0.5, 0.6) is 5.75 Å². The van der Waals surface area contributed by atoms with Gasteiger partial charge >= 0.3 is 6.09 Å². The summed E-state index contributed by atoms with van der Waals surface area (Å²) in [5.74, 6) is -2.97. The van der Waals surface area contributed by atoms with Gasteiger partial charge < -0.3 is 19.7 Å². The molecule has 3 fully saturated rings. The number of ether oxygens (including phenoxy) is 2. The highest BCUT2D eigenvalue weighted by molar-refractivity contribution is 7.91. The lowest BCUT2D eigenvalue weighted by molar-refractivity contribution is -0.140. The number of amides is 4. The number of benzene rings is 1. The molecule has 1 aromatic carbocycles. The number of hydrogen-bond acceptors (Lipinski definition) is 8. The highest BCUT2D eigenvalue weighted by atomic mass is 32.2. The minimum Gasteiger partial charge on any atom is -0.497 e. The Morgan fingerprint density at radius 1 is 1.12 bits per heavy atom. The van der Waals surface area contributed by atoms with Gasteiger partial charge in [-0.1, -0.05) is 18.2 Å². The van der Waals surface area contributed by atoms with Gasteiger partial charge in [-0.25, -0.2) is 13.2 Å². The molecule has 0 bridgehead atoms. The summed E-state index contributed by atoms with van der Waals surface area (Å²) in [6.45, 7) is 0.522. The number of nitrogens with one attached hydrogen (secondary N) is 3. The first-order chi connectivity index (χ1) is 20.0. The van der Waals surface area contributed by atoms with Crippen molar-refractivity contribution >= 4 is 39.5 Å². The SMILES string of the molecule is COc1cccc(NC(=O)O[C@@H]2C[C@H]3C(=O)N[C@]4(C(=O)NS(=O)(=O)C5CC5)C[C@H]4C=CCCCCN(C)C(=O)[C@@H]3C2)c1. The molecule has 228 valence electrons. The Morgan fingerprint density at radius 2 is 1.88 bits per heavy atom. The molecule has 3 N–H and O–H groups in total. The van der Waals surface area contributed by atoms with Crippen LogP contribution in [-0.4, -0.2) is 74.7 Å². The molecule has 3 saturated carbocycles. The van der Waals surface area contributed by atoms with Crippen LogP contribution in [0.4, 0.5) is 10.5 Å². The molecule has 4 amide bonds. The number of methoxy groups -OCH3 is 1. The summed E-state index contributed by atoms with van der Waals surface area (Å²) in [4.78, 5) is 54.9. The van der Waals surface area contributed by atoms with E-state index in [0.29, 0.717) is 30.8 Å². The van der Waals surface area contributed by atoms with Gasteiger partial charge in [0.2, 0.25) is 21.8 Å². The fourth-order valence-corrected chi connectivity index (χ4v) is 7.25. The summed E-state index contributed by atoms with van der Waals surface area (Å²) in [5.41, 5.74) is -0.951. The van der Waals surface area contributed by atoms with Crippen molar-refractivity contribution in [1.82, 2.24) is 14.9 Å². The normalized spacial score (nSPS) is 29.8. The smallest absolute Gasteiger partial charge is 0.411 e. The van der Waals surface area contributed by atoms with Crippen molar-refractivity contribution in [3.63, 3.8) is 0 Å². The Balaban J connectivity index is 1.33. The van der Waals surface area contributed by atoms with E-state index in [9.17, 15) is 27.6 Å². The Bertz CT molecular complexity index is 1380. The number of carbonyl (C=O) groups excluding carboxylic acids is 4. The maximum absolute atomic E-state index is 13.8. The zero-order chi connectivity index (χ0) is 30.1. The molecule has 13 heteroatoms. The Hall–Kier alpha value is -3.61. The quantitative estimate of drug-likeness (QED) is 0.418. The zero-order valence-electron chi connectivity index (χ0n) is 23.8. The molecular weight excluding hydrogens is 564 g/mol. The molecule has 3 aliphatic carbocycles. The van der Waals surface area contributed by atoms with Crippen molar-refractivity contribution in [1.29, 1.82) is 0 Å². The molecule has 1 aliphatic heterocycles. The first-order valence-corrected chi connectivity index (χ1v) is 16.0. The Labute approximate surface area is 245 Å². The van der Waals surface area contributed by atoms with Crippen LogP contribution in [0.15, 0.2) is 36.4 Å². The molecule has 5 rings (SSSR count). The van der Waals surface area contributed by atoms with Crippen molar-refractivity contribution in [3.8, 4) is 5.75 Å². The second-order valence-corrected chi connectivity index (χ2v) is 13.7. The standard InChI is InChI=1S/C29H38N4O8S/c1-33-13-6-4-3-5-8-18-17-29(18,27(36)32-42(38,39)22-11-12-22)31-25(34)23-15-21(16-24(23)26(33)35)41-28(37)30-19-9-7-10-20(14-19)40-2/h5,7-10,14,18,21-24H,3-4,6,11-13,15-17H2,1-2H3,(H,30,37)(H,31,34)(H,32,36)/t18-,21-,23-,24-,29-/m1/s1. The summed E-state index contributed by atoms with van der Waals surface area (Å²) < 4.78 is 38.1. The summed E-state index contributed by atoms with van der Waals surface area (Å²) in [7, 11) is -0.614. The van der Waals surface area contributed by atoms with E-state index >= 15 is 0 Å². The summed E-state index contributed by atoms with van der Waals surface area (Å²) in [6, 6.07) is 6.76. The van der Waals surface area contributed by atoms with Crippen molar-refractivity contribution in [2.24, 2.45) is 17.8 Å². The van der Waals surface area contributed by atoms with Gasteiger partial charge in [0.15, 0.2) is 0 Å². The highest BCUT2D eigenvalue weighted by Crippen LogP contribution is 2.47. The lowest BCUT2D eigenvalue weighted by Gasteiger charge is -2.26. The molecule has 1 aromatic rings. The molecule has 0 radical (unpaired) electrons. The van der Waals surface area contributed by atoms with Gasteiger partial charge in [-0.2, -0.15) is 0 Å². The third kappa shape index (κ3) is 6.55. The zero-order valence-corrected chi connectivity index (χ0v) is 24.7. The third-order valence-electron chi connectivity index (χ3n) is 8.59. The highest BCUT2D eigenvalue weighted by Gasteiger charge is 2.62. The third-order valence-corrected chi connectivity index (χ3v) is 10.4. The van der Waals surface area contributed by atoms with Crippen LogP contribution in [0, 0.1) is 17.8 Å². The monoisotopic (exact) mass is 602 g/mol. The van der Waals surface area contributed by atoms with Crippen LogP contribution in [0.3, 0.4) is 0 Å². The van der Waals surface area contributed by atoms with E-state index in [4.69, 9.17) is 9.47 Å². The maximum atomic E-state index is 13.8. The molecule has 0 spiro atoms. The van der Waals surface area contributed by atoms with E-state index in [2.05, 4.69) is 15.4 Å². The molecule has 0 aromatic heterocycles. The Morgan fingerprint density at radius 3 is 2.62 bits per heavy atom. The molecule has 4 aliphatic rings. The second kappa shape index (κ2) is 11.9. The average Bonchev–Trinajstić information content (AvgIpc) is 3.87. The number of rotatable bonds is 6. The number of sulfonamides is 1. The number of anilines is 1. The van der Waals surface area contributed by atoms with Crippen LogP contribution in [0.1, 0.15) is 51.4 Å². The molecule has 0 saturated heterocycles. The van der Waals surface area contributed by atoms with Crippen molar-refractivity contribution in [2.45, 2.75) is 68.3 Å². The first kappa shape index (κ1) is 29.9. The van der Waals surface area contributed by atoms with Crippen molar-refractivity contribution in [2.75, 3.05) is 26.0 Å². The van der Waals surface area contributed by atoms with E-state index in [1.165, 1.54) is 7.11 Å². The number of nitrogens with zero attached hydrogens (tertiary/aromatic N) is 1. The molecule has 5 atom stereocenters. The molecule has 0 unspecified atom stereocenters. The predicted molar refractivity (Wildman–Crippen MR) is 153 cm³/mol. The predicted octanol–water partition coefficient (Wildman–Crippen LogP) is 2.32. The maximum Gasteiger partial charge on any atom is 0.411 e. The summed E-state index contributed by atoms with van der Waals surface area (Å²) in [6.07, 6.45) is 6.16. The van der Waals surface area contributed by atoms with Crippen molar-refractivity contribution < 1.29 is 37.1 Å². The number of hydrogen-bond donors (Lipinski definition) is 3. The van der Waals surface area contributed by atoms with E-state index in [1.807, 2.05) is 12.2 Å². The van der Waals surface area contributed by atoms with Crippen LogP contribution in [0.25, 0.3) is 0 Å². The Kier molecular flexibility index (Phi) is 8.49. The van der Waals surface area contributed by atoms with Gasteiger partial charge in [0, 0.05) is 31.3 Å². The second-order valence-electron chi connectivity index (χ2n) is 11.7. The van der Waals surface area contributed by atoms with E-state index < -0.39 is 56.7 Å². The van der Waals surface area contributed by atoms with Crippen LogP contribution >= 0.6 is 0 Å². The topological polar surface area (TPSA) is 160 Å². The van der Waals surface area contributed by atoms with Crippen LogP contribution < -0.4 is 20.1 Å². The van der Waals surface area contributed by atoms with E-state index in [-0.39, 0.29) is 31.1 Å². The minimum atomic E-state index is -3.82. The minimum absolute atomic E-state index is 0.0835. The van der Waals surface area contributed by atoms with Crippen LogP contribution in [-0.2, 0) is 29.1 Å². The van der Waals surface area contributed by atoms with Gasteiger partial charge in [-0.05, 0) is 63.5 Å². The first-order valence-electron chi connectivity index (χ1n) is 14.4. The lowest BCUT2D eigenvalue weighted by Crippen LogP contribution is -2.54. The van der Waals surface area contributed by atoms with E-state index in [0.717, 1.165) is 19.3 Å². The molecule has 12 nitrogen and oxygen atoms in total. The van der Waals surface area contributed by atoms with Gasteiger partial charge in [-0.15, -0.1) is 0 Å². The molecule has 1 heterocycles. The fourth-order valence-electron chi connectivity index (χ4n) is 5.89. The largest absolute Gasteiger partial charge is 0.497 e. The van der Waals surface area contributed by atoms with Gasteiger partial charge in [0.1, 0.15) is 17.4 Å². The summed E-state index contributed by atoms with van der Waals surface area (Å²) >= 11 is 0. The van der Waals surface area contributed by atoms with Gasteiger partial charge in [0.25, 0.3) is 5.91 Å². The van der Waals surface area contributed by atoms with Crippen molar-refractivity contribution in [3.05, 3.63) is 36.4 Å². The number of fused-ring (bicyclic) bond motifs is 2. The van der Waals surface area contributed by atoms with Gasteiger partial charge in [-0.3, -0.25) is 24.4 Å². The fraction of sp³-hybridized carbons (Fsp3) is 0.586. The summed E-state index contributed by atoms with van der Waals surface area (Å²) in [5, 5.41) is 4.89. The molecule has 42 heavy (non-hydrogen) atoms. The number of allylic oxidation sites excluding steroid dienone is 1.